The highest BCUT2D eigenvalue weighted by Gasteiger charge is 2.33. The lowest BCUT2D eigenvalue weighted by atomic mass is 10.1. The fourth-order valence-electron chi connectivity index (χ4n) is 4.02. The van der Waals surface area contributed by atoms with E-state index in [9.17, 15) is 0 Å². The van der Waals surface area contributed by atoms with Crippen molar-refractivity contribution in [2.45, 2.75) is 32.4 Å². The summed E-state index contributed by atoms with van der Waals surface area (Å²) in [7, 11) is 2.14. The van der Waals surface area contributed by atoms with Crippen LogP contribution in [0.3, 0.4) is 0 Å². The standard InChI is InChI=1S/C20H23ClN4/c1-15-17(20(21)25(22-15)16-8-4-3-5-9-16)14-24-13-7-11-19(24)18-10-6-12-23(18)2/h3-6,8-10,12,19H,7,11,13-14H2,1-2H3/p+1/t19-/m0/s1. The number of nitrogens with zero attached hydrogens (tertiary/aromatic N) is 3. The van der Waals surface area contributed by atoms with Crippen LogP contribution < -0.4 is 4.90 Å². The molecule has 0 spiro atoms. The highest BCUT2D eigenvalue weighted by molar-refractivity contribution is 6.30. The summed E-state index contributed by atoms with van der Waals surface area (Å²) in [6.07, 6.45) is 4.63. The second-order valence-electron chi connectivity index (χ2n) is 6.93. The van der Waals surface area contributed by atoms with Gasteiger partial charge in [-0.25, -0.2) is 4.68 Å². The molecule has 1 aliphatic rings. The summed E-state index contributed by atoms with van der Waals surface area (Å²) in [5.41, 5.74) is 4.62. The molecule has 3 heterocycles. The predicted octanol–water partition coefficient (Wildman–Crippen LogP) is 3.09. The van der Waals surface area contributed by atoms with Crippen LogP contribution in [0.4, 0.5) is 0 Å². The SMILES string of the molecule is Cc1nn(-c2ccccc2)c(Cl)c1C[NH+]1CCC[C@H]1c1cccn1C. The summed E-state index contributed by atoms with van der Waals surface area (Å²) >= 11 is 6.73. The number of quaternary nitrogens is 1. The summed E-state index contributed by atoms with van der Waals surface area (Å²) in [4.78, 5) is 1.58. The maximum atomic E-state index is 6.73. The fourth-order valence-corrected chi connectivity index (χ4v) is 4.36. The van der Waals surface area contributed by atoms with Crippen LogP contribution in [0.2, 0.25) is 5.15 Å². The van der Waals surface area contributed by atoms with Gasteiger partial charge in [0.1, 0.15) is 17.7 Å². The van der Waals surface area contributed by atoms with E-state index < -0.39 is 0 Å². The van der Waals surface area contributed by atoms with Gasteiger partial charge in [-0.1, -0.05) is 29.8 Å². The van der Waals surface area contributed by atoms with Crippen molar-refractivity contribution in [1.29, 1.82) is 0 Å². The molecule has 2 atom stereocenters. The molecule has 1 N–H and O–H groups in total. The van der Waals surface area contributed by atoms with Gasteiger partial charge >= 0.3 is 0 Å². The van der Waals surface area contributed by atoms with Crippen molar-refractivity contribution in [2.75, 3.05) is 6.54 Å². The summed E-state index contributed by atoms with van der Waals surface area (Å²) in [6, 6.07) is 15.0. The lowest BCUT2D eigenvalue weighted by Crippen LogP contribution is -3.09. The molecule has 25 heavy (non-hydrogen) atoms. The van der Waals surface area contributed by atoms with Crippen LogP contribution in [0.5, 0.6) is 0 Å². The van der Waals surface area contributed by atoms with Crippen LogP contribution in [-0.4, -0.2) is 20.9 Å². The Hall–Kier alpha value is -2.04. The molecule has 130 valence electrons. The smallest absolute Gasteiger partial charge is 0.142 e. The van der Waals surface area contributed by atoms with E-state index >= 15 is 0 Å². The van der Waals surface area contributed by atoms with Crippen LogP contribution in [0, 0.1) is 6.92 Å². The van der Waals surface area contributed by atoms with E-state index in [1.165, 1.54) is 30.6 Å². The Bertz CT molecular complexity index is 865. The number of hydrogen-bond acceptors (Lipinski definition) is 1. The summed E-state index contributed by atoms with van der Waals surface area (Å²) in [5, 5.41) is 5.44. The van der Waals surface area contributed by atoms with Gasteiger partial charge in [0.05, 0.1) is 29.2 Å². The van der Waals surface area contributed by atoms with Gasteiger partial charge in [0.2, 0.25) is 0 Å². The molecule has 5 heteroatoms. The zero-order valence-corrected chi connectivity index (χ0v) is 15.5. The normalized spacial score (nSPS) is 20.3. The minimum absolute atomic E-state index is 0.538. The number of aryl methyl sites for hydroxylation is 2. The molecular weight excluding hydrogens is 332 g/mol. The molecular formula is C20H24ClN4+. The fraction of sp³-hybridized carbons (Fsp3) is 0.350. The third-order valence-corrected chi connectivity index (χ3v) is 5.74. The third kappa shape index (κ3) is 3.00. The van der Waals surface area contributed by atoms with E-state index in [2.05, 4.69) is 36.9 Å². The Morgan fingerprint density at radius 2 is 2.00 bits per heavy atom. The molecule has 1 aromatic carbocycles. The summed E-state index contributed by atoms with van der Waals surface area (Å²) < 4.78 is 4.11. The Kier molecular flexibility index (Phi) is 4.40. The summed E-state index contributed by atoms with van der Waals surface area (Å²) in [6.45, 7) is 4.17. The first-order valence-corrected chi connectivity index (χ1v) is 9.28. The Balaban J connectivity index is 1.63. The number of rotatable bonds is 4. The van der Waals surface area contributed by atoms with Crippen molar-refractivity contribution in [3.8, 4) is 5.69 Å². The second kappa shape index (κ2) is 6.70. The topological polar surface area (TPSA) is 27.2 Å². The summed E-state index contributed by atoms with van der Waals surface area (Å²) in [5.74, 6) is 0. The minimum atomic E-state index is 0.538. The maximum Gasteiger partial charge on any atom is 0.142 e. The van der Waals surface area contributed by atoms with E-state index in [4.69, 9.17) is 16.7 Å². The number of nitrogens with one attached hydrogen (secondary N) is 1. The Morgan fingerprint density at radius 3 is 2.72 bits per heavy atom. The van der Waals surface area contributed by atoms with Crippen molar-refractivity contribution in [3.05, 3.63) is 70.8 Å². The number of hydrogen-bond donors (Lipinski definition) is 1. The van der Waals surface area contributed by atoms with Crippen molar-refractivity contribution in [2.24, 2.45) is 7.05 Å². The van der Waals surface area contributed by atoms with Crippen molar-refractivity contribution < 1.29 is 4.90 Å². The monoisotopic (exact) mass is 355 g/mol. The first-order chi connectivity index (χ1) is 12.1. The van der Waals surface area contributed by atoms with E-state index in [-0.39, 0.29) is 0 Å². The van der Waals surface area contributed by atoms with Gasteiger partial charge in [-0.15, -0.1) is 0 Å². The van der Waals surface area contributed by atoms with E-state index in [1.807, 2.05) is 35.0 Å². The zero-order valence-electron chi connectivity index (χ0n) is 14.7. The van der Waals surface area contributed by atoms with Gasteiger partial charge in [-0.2, -0.15) is 5.10 Å². The molecule has 1 unspecified atom stereocenters. The van der Waals surface area contributed by atoms with Crippen molar-refractivity contribution >= 4 is 11.6 Å². The average Bonchev–Trinajstić information content (AvgIpc) is 3.31. The Labute approximate surface area is 153 Å². The van der Waals surface area contributed by atoms with Crippen molar-refractivity contribution in [1.82, 2.24) is 14.3 Å². The largest absolute Gasteiger partial charge is 0.350 e. The number of likely N-dealkylation sites (tertiary alicyclic amines) is 1. The Morgan fingerprint density at radius 1 is 1.20 bits per heavy atom. The zero-order chi connectivity index (χ0) is 17.4. The van der Waals surface area contributed by atoms with Gasteiger partial charge in [0, 0.05) is 26.1 Å². The van der Waals surface area contributed by atoms with E-state index in [1.54, 1.807) is 4.90 Å². The van der Waals surface area contributed by atoms with Gasteiger partial charge in [-0.05, 0) is 31.2 Å². The van der Waals surface area contributed by atoms with E-state index in [0.29, 0.717) is 6.04 Å². The molecule has 3 aromatic rings. The highest BCUT2D eigenvalue weighted by Crippen LogP contribution is 2.25. The molecule has 4 nitrogen and oxygen atoms in total. The average molecular weight is 356 g/mol. The minimum Gasteiger partial charge on any atom is -0.350 e. The highest BCUT2D eigenvalue weighted by atomic mass is 35.5. The molecule has 1 aliphatic heterocycles. The van der Waals surface area contributed by atoms with Crippen molar-refractivity contribution in [3.63, 3.8) is 0 Å². The number of benzene rings is 1. The quantitative estimate of drug-likeness (QED) is 0.765. The van der Waals surface area contributed by atoms with Crippen LogP contribution in [0.25, 0.3) is 5.69 Å². The van der Waals surface area contributed by atoms with E-state index in [0.717, 1.165) is 23.1 Å². The molecule has 4 rings (SSSR count). The number of halogens is 1. The first kappa shape index (κ1) is 16.4. The molecule has 0 saturated carbocycles. The van der Waals surface area contributed by atoms with Gasteiger partial charge in [-0.3, -0.25) is 0 Å². The van der Waals surface area contributed by atoms with Crippen LogP contribution in [0.1, 0.15) is 35.8 Å². The molecule has 1 fully saturated rings. The number of aromatic nitrogens is 3. The lowest BCUT2D eigenvalue weighted by Gasteiger charge is -2.22. The molecule has 2 aromatic heterocycles. The van der Waals surface area contributed by atoms with Gasteiger partial charge in [0.25, 0.3) is 0 Å². The van der Waals surface area contributed by atoms with Gasteiger partial charge < -0.3 is 9.47 Å². The number of para-hydroxylation sites is 1. The van der Waals surface area contributed by atoms with Crippen LogP contribution >= 0.6 is 11.6 Å². The molecule has 1 saturated heterocycles. The maximum absolute atomic E-state index is 6.73. The second-order valence-corrected chi connectivity index (χ2v) is 7.28. The first-order valence-electron chi connectivity index (χ1n) is 8.90. The van der Waals surface area contributed by atoms with Crippen LogP contribution in [-0.2, 0) is 13.6 Å². The third-order valence-electron chi connectivity index (χ3n) is 5.35. The molecule has 0 aliphatic carbocycles. The van der Waals surface area contributed by atoms with Gasteiger partial charge in [0.15, 0.2) is 0 Å². The predicted molar refractivity (Wildman–Crippen MR) is 100 cm³/mol. The molecule has 0 amide bonds. The van der Waals surface area contributed by atoms with Crippen LogP contribution in [0.15, 0.2) is 48.7 Å². The molecule has 0 radical (unpaired) electrons. The molecule has 0 bridgehead atoms. The lowest BCUT2D eigenvalue weighted by molar-refractivity contribution is -0.932.